The number of carbonyl (C=O) groups is 1. The molecule has 1 atom stereocenters. The predicted octanol–water partition coefficient (Wildman–Crippen LogP) is 3.13. The lowest BCUT2D eigenvalue weighted by Crippen LogP contribution is -2.45. The smallest absolute Gasteiger partial charge is 0.257 e. The summed E-state index contributed by atoms with van der Waals surface area (Å²) in [5, 5.41) is 0. The van der Waals surface area contributed by atoms with Crippen molar-refractivity contribution in [2.75, 3.05) is 13.7 Å². The molecule has 1 aliphatic heterocycles. The van der Waals surface area contributed by atoms with E-state index >= 15 is 0 Å². The molecular formula is C20H18N4O2. The maximum Gasteiger partial charge on any atom is 0.257 e. The maximum atomic E-state index is 12.8. The number of carbonyl (C=O) groups excluding carboxylic acids is 1. The Labute approximate surface area is 151 Å². The van der Waals surface area contributed by atoms with Gasteiger partial charge in [-0.1, -0.05) is 12.1 Å². The summed E-state index contributed by atoms with van der Waals surface area (Å²) in [5.41, 5.74) is 2.40. The Kier molecular flexibility index (Phi) is 4.31. The minimum absolute atomic E-state index is 0.0539. The van der Waals surface area contributed by atoms with Gasteiger partial charge in [0.15, 0.2) is 5.82 Å². The zero-order chi connectivity index (χ0) is 17.9. The summed E-state index contributed by atoms with van der Waals surface area (Å²) in [6.45, 7) is 0.727. The Bertz CT molecular complexity index is 913. The zero-order valence-corrected chi connectivity index (χ0v) is 14.4. The molecule has 3 aromatic rings. The van der Waals surface area contributed by atoms with Crippen molar-refractivity contribution in [3.05, 3.63) is 72.3 Å². The highest BCUT2D eigenvalue weighted by Gasteiger charge is 2.34. The quantitative estimate of drug-likeness (QED) is 0.726. The molecule has 0 radical (unpaired) electrons. The first-order valence-corrected chi connectivity index (χ1v) is 8.43. The number of ether oxygens (including phenoxy) is 1. The Balaban J connectivity index is 1.52. The highest BCUT2D eigenvalue weighted by atomic mass is 16.5. The van der Waals surface area contributed by atoms with Gasteiger partial charge in [-0.25, -0.2) is 9.97 Å². The second-order valence-corrected chi connectivity index (χ2v) is 6.12. The highest BCUT2D eigenvalue weighted by molar-refractivity contribution is 5.94. The van der Waals surface area contributed by atoms with Gasteiger partial charge in [0.05, 0.1) is 18.7 Å². The van der Waals surface area contributed by atoms with Crippen LogP contribution in [0.25, 0.3) is 11.4 Å². The summed E-state index contributed by atoms with van der Waals surface area (Å²) in [7, 11) is 1.64. The topological polar surface area (TPSA) is 68.2 Å². The van der Waals surface area contributed by atoms with Crippen LogP contribution in [0.4, 0.5) is 0 Å². The fraction of sp³-hybridized carbons (Fsp3) is 0.200. The van der Waals surface area contributed by atoms with Crippen LogP contribution >= 0.6 is 0 Å². The third-order valence-electron chi connectivity index (χ3n) is 4.58. The molecule has 2 aromatic heterocycles. The molecule has 6 nitrogen and oxygen atoms in total. The zero-order valence-electron chi connectivity index (χ0n) is 14.4. The van der Waals surface area contributed by atoms with E-state index in [1.807, 2.05) is 41.3 Å². The van der Waals surface area contributed by atoms with E-state index in [1.165, 1.54) is 0 Å². The van der Waals surface area contributed by atoms with Crippen molar-refractivity contribution in [1.29, 1.82) is 0 Å². The first-order valence-electron chi connectivity index (χ1n) is 8.43. The summed E-state index contributed by atoms with van der Waals surface area (Å²) in [4.78, 5) is 27.4. The van der Waals surface area contributed by atoms with Crippen LogP contribution in [-0.2, 0) is 0 Å². The van der Waals surface area contributed by atoms with Crippen LogP contribution in [0.1, 0.15) is 28.4 Å². The van der Waals surface area contributed by atoms with E-state index in [9.17, 15) is 4.79 Å². The molecule has 0 unspecified atom stereocenters. The summed E-state index contributed by atoms with van der Waals surface area (Å²) < 4.78 is 5.28. The molecule has 1 fully saturated rings. The fourth-order valence-corrected chi connectivity index (χ4v) is 3.07. The van der Waals surface area contributed by atoms with Crippen LogP contribution in [0, 0.1) is 0 Å². The predicted molar refractivity (Wildman–Crippen MR) is 96.7 cm³/mol. The number of rotatable bonds is 4. The van der Waals surface area contributed by atoms with Crippen LogP contribution < -0.4 is 4.74 Å². The maximum absolute atomic E-state index is 12.8. The number of hydrogen-bond donors (Lipinski definition) is 0. The van der Waals surface area contributed by atoms with Crippen LogP contribution in [0.3, 0.4) is 0 Å². The van der Waals surface area contributed by atoms with Crippen LogP contribution in [0.15, 0.2) is 61.2 Å². The van der Waals surface area contributed by atoms with Crippen LogP contribution in [-0.4, -0.2) is 39.4 Å². The molecule has 0 bridgehead atoms. The number of amides is 1. The molecule has 1 aromatic carbocycles. The number of likely N-dealkylation sites (tertiary alicyclic amines) is 1. The van der Waals surface area contributed by atoms with Gasteiger partial charge < -0.3 is 9.64 Å². The molecule has 3 heterocycles. The van der Waals surface area contributed by atoms with E-state index in [1.54, 1.807) is 31.9 Å². The van der Waals surface area contributed by atoms with Gasteiger partial charge in [-0.05, 0) is 36.2 Å². The molecule has 0 saturated carbocycles. The average Bonchev–Trinajstić information content (AvgIpc) is 2.68. The van der Waals surface area contributed by atoms with Crippen molar-refractivity contribution in [3.8, 4) is 17.1 Å². The Morgan fingerprint density at radius 2 is 2.00 bits per heavy atom. The van der Waals surface area contributed by atoms with Gasteiger partial charge in [0.2, 0.25) is 0 Å². The molecule has 4 rings (SSSR count). The van der Waals surface area contributed by atoms with Gasteiger partial charge in [-0.2, -0.15) is 0 Å². The molecule has 1 aliphatic rings. The number of pyridine rings is 1. The van der Waals surface area contributed by atoms with Crippen molar-refractivity contribution in [3.63, 3.8) is 0 Å². The lowest BCUT2D eigenvalue weighted by Gasteiger charge is -2.41. The standard InChI is InChI=1S/C20H18N4O2/c1-26-17-6-2-4-14(10-17)18-7-9-24(18)20(25)16-12-22-19(23-13-16)15-5-3-8-21-11-15/h2-6,8,10-13,18H,7,9H2,1H3/t18-/m0/s1. The van der Waals surface area contributed by atoms with Crippen molar-refractivity contribution in [2.45, 2.75) is 12.5 Å². The molecule has 130 valence electrons. The van der Waals surface area contributed by atoms with Crippen molar-refractivity contribution >= 4 is 5.91 Å². The molecule has 1 saturated heterocycles. The number of methoxy groups -OCH3 is 1. The second kappa shape index (κ2) is 6.92. The van der Waals surface area contributed by atoms with E-state index in [0.29, 0.717) is 11.4 Å². The number of nitrogens with zero attached hydrogens (tertiary/aromatic N) is 4. The third-order valence-corrected chi connectivity index (χ3v) is 4.58. The first kappa shape index (κ1) is 16.2. The van der Waals surface area contributed by atoms with Crippen molar-refractivity contribution in [1.82, 2.24) is 19.9 Å². The fourth-order valence-electron chi connectivity index (χ4n) is 3.07. The lowest BCUT2D eigenvalue weighted by molar-refractivity contribution is 0.0459. The molecule has 0 aliphatic carbocycles. The van der Waals surface area contributed by atoms with Crippen molar-refractivity contribution in [2.24, 2.45) is 0 Å². The van der Waals surface area contributed by atoms with Gasteiger partial charge in [0.25, 0.3) is 5.91 Å². The minimum atomic E-state index is -0.0539. The number of hydrogen-bond acceptors (Lipinski definition) is 5. The van der Waals surface area contributed by atoms with Gasteiger partial charge in [0.1, 0.15) is 5.75 Å². The average molecular weight is 346 g/mol. The summed E-state index contributed by atoms with van der Waals surface area (Å²) in [6.07, 6.45) is 7.50. The largest absolute Gasteiger partial charge is 0.497 e. The number of benzene rings is 1. The second-order valence-electron chi connectivity index (χ2n) is 6.12. The van der Waals surface area contributed by atoms with Gasteiger partial charge >= 0.3 is 0 Å². The van der Waals surface area contributed by atoms with E-state index in [4.69, 9.17) is 4.74 Å². The minimum Gasteiger partial charge on any atom is -0.497 e. The Hall–Kier alpha value is -3.28. The summed E-state index contributed by atoms with van der Waals surface area (Å²) >= 11 is 0. The highest BCUT2D eigenvalue weighted by Crippen LogP contribution is 2.35. The molecular weight excluding hydrogens is 328 g/mol. The molecule has 26 heavy (non-hydrogen) atoms. The van der Waals surface area contributed by atoms with Gasteiger partial charge in [-0.15, -0.1) is 0 Å². The monoisotopic (exact) mass is 346 g/mol. The third kappa shape index (κ3) is 3.01. The van der Waals surface area contributed by atoms with E-state index in [0.717, 1.165) is 29.8 Å². The van der Waals surface area contributed by atoms with E-state index < -0.39 is 0 Å². The molecule has 0 spiro atoms. The van der Waals surface area contributed by atoms with E-state index in [2.05, 4.69) is 15.0 Å². The first-order chi connectivity index (χ1) is 12.8. The van der Waals surface area contributed by atoms with E-state index in [-0.39, 0.29) is 11.9 Å². The van der Waals surface area contributed by atoms with Gasteiger partial charge in [-0.3, -0.25) is 9.78 Å². The Morgan fingerprint density at radius 3 is 2.65 bits per heavy atom. The van der Waals surface area contributed by atoms with Crippen LogP contribution in [0.2, 0.25) is 0 Å². The number of aromatic nitrogens is 3. The summed E-state index contributed by atoms with van der Waals surface area (Å²) in [5.74, 6) is 1.30. The lowest BCUT2D eigenvalue weighted by atomic mass is 9.94. The summed E-state index contributed by atoms with van der Waals surface area (Å²) in [6, 6.07) is 11.6. The molecule has 1 amide bonds. The Morgan fingerprint density at radius 1 is 1.15 bits per heavy atom. The van der Waals surface area contributed by atoms with Crippen molar-refractivity contribution < 1.29 is 9.53 Å². The normalized spacial score (nSPS) is 16.0. The van der Waals surface area contributed by atoms with Gasteiger partial charge in [0, 0.05) is 36.9 Å². The molecule has 6 heteroatoms. The SMILES string of the molecule is COc1cccc([C@@H]2CCN2C(=O)c2cnc(-c3cccnc3)nc2)c1. The molecule has 0 N–H and O–H groups in total. The van der Waals surface area contributed by atoms with Crippen LogP contribution in [0.5, 0.6) is 5.75 Å².